The summed E-state index contributed by atoms with van der Waals surface area (Å²) in [5, 5.41) is 2.01. The number of likely N-dealkylation sites (tertiary alicyclic amines) is 1. The summed E-state index contributed by atoms with van der Waals surface area (Å²) in [5.41, 5.74) is 0.954. The van der Waals surface area contributed by atoms with E-state index in [-0.39, 0.29) is 17.2 Å². The monoisotopic (exact) mass is 461 g/mol. The van der Waals surface area contributed by atoms with Crippen LogP contribution in [-0.4, -0.2) is 39.2 Å². The number of carbonyl (C=O) groups excluding carboxylic acids is 1. The fourth-order valence-corrected chi connectivity index (χ4v) is 4.74. The van der Waals surface area contributed by atoms with Gasteiger partial charge in [0.25, 0.3) is 5.56 Å². The number of hydrogen-bond donors (Lipinski definition) is 0. The molecule has 0 aliphatic carbocycles. The van der Waals surface area contributed by atoms with Gasteiger partial charge in [-0.15, -0.1) is 0 Å². The van der Waals surface area contributed by atoms with Crippen molar-refractivity contribution in [1.29, 1.82) is 0 Å². The number of carbonyl (C=O) groups is 1. The third-order valence-corrected chi connectivity index (χ3v) is 6.76. The number of amides is 1. The van der Waals surface area contributed by atoms with Gasteiger partial charge in [0.2, 0.25) is 5.91 Å². The fourth-order valence-electron chi connectivity index (χ4n) is 3.53. The number of fused-ring (bicyclic) bond motifs is 1. The molecule has 0 N–H and O–H groups in total. The molecule has 0 saturated carbocycles. The first kappa shape index (κ1) is 21.2. The molecule has 1 aromatic heterocycles. The van der Waals surface area contributed by atoms with Crippen molar-refractivity contribution in [2.24, 2.45) is 5.92 Å². The first-order chi connectivity index (χ1) is 14.4. The normalized spacial score (nSPS) is 15.0. The van der Waals surface area contributed by atoms with Gasteiger partial charge < -0.3 is 4.90 Å². The maximum absolute atomic E-state index is 13.3. The van der Waals surface area contributed by atoms with Gasteiger partial charge in [-0.3, -0.25) is 14.2 Å². The van der Waals surface area contributed by atoms with Crippen LogP contribution in [0.15, 0.2) is 52.4 Å². The average molecular weight is 462 g/mol. The maximum Gasteiger partial charge on any atom is 0.266 e. The number of thioether (sulfide) groups is 1. The Kier molecular flexibility index (Phi) is 6.37. The molecule has 0 radical (unpaired) electrons. The lowest BCUT2D eigenvalue weighted by atomic mass is 9.99. The van der Waals surface area contributed by atoms with Crippen molar-refractivity contribution in [2.45, 2.75) is 24.9 Å². The van der Waals surface area contributed by atoms with E-state index >= 15 is 0 Å². The Morgan fingerprint density at radius 2 is 1.77 bits per heavy atom. The van der Waals surface area contributed by atoms with Crippen molar-refractivity contribution in [1.82, 2.24) is 14.5 Å². The smallest absolute Gasteiger partial charge is 0.266 e. The standard InChI is InChI=1S/C22H21Cl2N3O2S/c1-14-8-10-26(11-9-14)20(28)13-30-22-25-19-12-16(24)4-7-18(19)21(29)27(22)17-5-2-15(23)3-6-17/h2-7,12,14H,8-11,13H2,1H3. The predicted octanol–water partition coefficient (Wildman–Crippen LogP) is 5.04. The van der Waals surface area contributed by atoms with E-state index < -0.39 is 0 Å². The molecule has 30 heavy (non-hydrogen) atoms. The minimum atomic E-state index is -0.208. The van der Waals surface area contributed by atoms with Crippen LogP contribution in [-0.2, 0) is 4.79 Å². The molecule has 0 unspecified atom stereocenters. The summed E-state index contributed by atoms with van der Waals surface area (Å²) < 4.78 is 1.53. The van der Waals surface area contributed by atoms with Crippen molar-refractivity contribution in [3.8, 4) is 5.69 Å². The predicted molar refractivity (Wildman–Crippen MR) is 123 cm³/mol. The quantitative estimate of drug-likeness (QED) is 0.403. The van der Waals surface area contributed by atoms with Crippen molar-refractivity contribution in [2.75, 3.05) is 18.8 Å². The second-order valence-electron chi connectivity index (χ2n) is 7.52. The summed E-state index contributed by atoms with van der Waals surface area (Å²) in [6.07, 6.45) is 2.05. The van der Waals surface area contributed by atoms with E-state index in [0.29, 0.717) is 37.7 Å². The highest BCUT2D eigenvalue weighted by molar-refractivity contribution is 7.99. The molecular weight excluding hydrogens is 441 g/mol. The summed E-state index contributed by atoms with van der Waals surface area (Å²) in [5.74, 6) is 0.944. The zero-order chi connectivity index (χ0) is 21.3. The topological polar surface area (TPSA) is 55.2 Å². The number of nitrogens with zero attached hydrogens (tertiary/aromatic N) is 3. The van der Waals surface area contributed by atoms with Crippen molar-refractivity contribution in [3.63, 3.8) is 0 Å². The molecule has 4 rings (SSSR count). The van der Waals surface area contributed by atoms with Crippen LogP contribution >= 0.6 is 35.0 Å². The number of hydrogen-bond acceptors (Lipinski definition) is 4. The molecule has 5 nitrogen and oxygen atoms in total. The molecule has 0 atom stereocenters. The van der Waals surface area contributed by atoms with E-state index in [9.17, 15) is 9.59 Å². The summed E-state index contributed by atoms with van der Waals surface area (Å²) in [6, 6.07) is 12.0. The molecular formula is C22H21Cl2N3O2S. The van der Waals surface area contributed by atoms with Gasteiger partial charge in [0.1, 0.15) is 0 Å². The number of piperidine rings is 1. The van der Waals surface area contributed by atoms with Gasteiger partial charge in [-0.2, -0.15) is 0 Å². The summed E-state index contributed by atoms with van der Waals surface area (Å²) in [4.78, 5) is 32.6. The Bertz CT molecular complexity index is 1140. The fraction of sp³-hybridized carbons (Fsp3) is 0.318. The van der Waals surface area contributed by atoms with Gasteiger partial charge in [0.05, 0.1) is 22.3 Å². The van der Waals surface area contributed by atoms with Crippen molar-refractivity contribution >= 4 is 51.8 Å². The molecule has 156 valence electrons. The molecule has 1 aliphatic heterocycles. The third-order valence-electron chi connectivity index (χ3n) is 5.35. The largest absolute Gasteiger partial charge is 0.342 e. The Morgan fingerprint density at radius 3 is 2.47 bits per heavy atom. The molecule has 3 aromatic rings. The van der Waals surface area contributed by atoms with E-state index in [1.54, 1.807) is 42.5 Å². The first-order valence-corrected chi connectivity index (χ1v) is 11.6. The van der Waals surface area contributed by atoms with Crippen molar-refractivity contribution < 1.29 is 4.79 Å². The molecule has 1 aliphatic rings. The van der Waals surface area contributed by atoms with Gasteiger partial charge in [-0.25, -0.2) is 4.98 Å². The first-order valence-electron chi connectivity index (χ1n) is 9.81. The number of benzene rings is 2. The van der Waals surface area contributed by atoms with E-state index in [2.05, 4.69) is 11.9 Å². The number of halogens is 2. The van der Waals surface area contributed by atoms with E-state index in [0.717, 1.165) is 25.9 Å². The van der Waals surface area contributed by atoms with E-state index in [4.69, 9.17) is 23.2 Å². The van der Waals surface area contributed by atoms with E-state index in [1.807, 2.05) is 4.90 Å². The van der Waals surface area contributed by atoms with Crippen LogP contribution in [0.5, 0.6) is 0 Å². The molecule has 1 amide bonds. The van der Waals surface area contributed by atoms with Crippen LogP contribution < -0.4 is 5.56 Å². The summed E-state index contributed by atoms with van der Waals surface area (Å²) in [7, 11) is 0. The molecule has 1 fully saturated rings. The lowest BCUT2D eigenvalue weighted by molar-refractivity contribution is -0.129. The third kappa shape index (κ3) is 4.51. The highest BCUT2D eigenvalue weighted by Gasteiger charge is 2.21. The van der Waals surface area contributed by atoms with Gasteiger partial charge in [0, 0.05) is 23.1 Å². The van der Waals surface area contributed by atoms with Crippen LogP contribution in [0.25, 0.3) is 16.6 Å². The lowest BCUT2D eigenvalue weighted by Gasteiger charge is -2.30. The van der Waals surface area contributed by atoms with Crippen LogP contribution in [0.4, 0.5) is 0 Å². The van der Waals surface area contributed by atoms with Gasteiger partial charge in [-0.05, 0) is 61.2 Å². The second-order valence-corrected chi connectivity index (χ2v) is 9.34. The minimum Gasteiger partial charge on any atom is -0.342 e. The average Bonchev–Trinajstić information content (AvgIpc) is 2.73. The second kappa shape index (κ2) is 9.00. The number of rotatable bonds is 4. The highest BCUT2D eigenvalue weighted by atomic mass is 35.5. The minimum absolute atomic E-state index is 0.0648. The van der Waals surface area contributed by atoms with E-state index in [1.165, 1.54) is 16.3 Å². The van der Waals surface area contributed by atoms with Crippen LogP contribution in [0.1, 0.15) is 19.8 Å². The Balaban J connectivity index is 1.70. The Hall–Kier alpha value is -2.02. The van der Waals surface area contributed by atoms with Gasteiger partial charge in [0.15, 0.2) is 5.16 Å². The Morgan fingerprint density at radius 1 is 1.10 bits per heavy atom. The van der Waals surface area contributed by atoms with Crippen LogP contribution in [0, 0.1) is 5.92 Å². The summed E-state index contributed by atoms with van der Waals surface area (Å²) >= 11 is 13.4. The highest BCUT2D eigenvalue weighted by Crippen LogP contribution is 2.25. The van der Waals surface area contributed by atoms with Gasteiger partial charge in [-0.1, -0.05) is 41.9 Å². The molecule has 2 heterocycles. The molecule has 2 aromatic carbocycles. The van der Waals surface area contributed by atoms with Gasteiger partial charge >= 0.3 is 0 Å². The molecule has 0 spiro atoms. The summed E-state index contributed by atoms with van der Waals surface area (Å²) in [6.45, 7) is 3.78. The van der Waals surface area contributed by atoms with Crippen LogP contribution in [0.2, 0.25) is 10.0 Å². The zero-order valence-electron chi connectivity index (χ0n) is 16.5. The van der Waals surface area contributed by atoms with Crippen LogP contribution in [0.3, 0.4) is 0 Å². The molecule has 8 heteroatoms. The molecule has 1 saturated heterocycles. The van der Waals surface area contributed by atoms with Crippen molar-refractivity contribution in [3.05, 3.63) is 62.9 Å². The lowest BCUT2D eigenvalue weighted by Crippen LogP contribution is -2.39. The molecule has 0 bridgehead atoms. The Labute approximate surface area is 189 Å². The SMILES string of the molecule is CC1CCN(C(=O)CSc2nc3cc(Cl)ccc3c(=O)n2-c2ccc(Cl)cc2)CC1. The maximum atomic E-state index is 13.3. The number of aromatic nitrogens is 2. The zero-order valence-corrected chi connectivity index (χ0v) is 18.8.